The van der Waals surface area contributed by atoms with Crippen LogP contribution >= 0.6 is 0 Å². The monoisotopic (exact) mass is 213 g/mol. The van der Waals surface area contributed by atoms with Gasteiger partial charge in [0, 0.05) is 19.3 Å². The summed E-state index contributed by atoms with van der Waals surface area (Å²) >= 11 is 0. The van der Waals surface area contributed by atoms with Crippen LogP contribution in [0, 0.1) is 5.92 Å². The minimum atomic E-state index is 0.342. The lowest BCUT2D eigenvalue weighted by Gasteiger charge is -2.18. The van der Waals surface area contributed by atoms with Crippen LogP contribution in [0.3, 0.4) is 0 Å². The highest BCUT2D eigenvalue weighted by Gasteiger charge is 2.23. The second kappa shape index (κ2) is 5.83. The Hall–Kier alpha value is -0.120. The molecule has 88 valence electrons. The lowest BCUT2D eigenvalue weighted by Crippen LogP contribution is -2.30. The Morgan fingerprint density at radius 1 is 1.27 bits per heavy atom. The average molecular weight is 213 g/mol. The van der Waals surface area contributed by atoms with Crippen LogP contribution in [0.4, 0.5) is 0 Å². The minimum absolute atomic E-state index is 0.342. The Labute approximate surface area is 92.3 Å². The van der Waals surface area contributed by atoms with E-state index >= 15 is 0 Å². The van der Waals surface area contributed by atoms with Gasteiger partial charge in [-0.05, 0) is 44.4 Å². The fourth-order valence-corrected chi connectivity index (χ4v) is 2.58. The molecule has 0 bridgehead atoms. The van der Waals surface area contributed by atoms with Crippen molar-refractivity contribution < 1.29 is 9.47 Å². The molecule has 3 nitrogen and oxygen atoms in total. The van der Waals surface area contributed by atoms with Crippen molar-refractivity contribution >= 4 is 0 Å². The van der Waals surface area contributed by atoms with Gasteiger partial charge in [-0.25, -0.2) is 0 Å². The maximum absolute atomic E-state index is 6.14. The Bertz CT molecular complexity index is 174. The maximum Gasteiger partial charge on any atom is 0.0576 e. The van der Waals surface area contributed by atoms with Crippen LogP contribution < -0.4 is 5.73 Å². The Morgan fingerprint density at radius 3 is 2.87 bits per heavy atom. The molecule has 0 aromatic heterocycles. The molecule has 2 heterocycles. The van der Waals surface area contributed by atoms with Gasteiger partial charge in [0.05, 0.1) is 12.7 Å². The molecular weight excluding hydrogens is 190 g/mol. The van der Waals surface area contributed by atoms with Crippen molar-refractivity contribution in [2.75, 3.05) is 19.8 Å². The Morgan fingerprint density at radius 2 is 2.20 bits per heavy atom. The molecule has 0 radical (unpaired) electrons. The highest BCUT2D eigenvalue weighted by atomic mass is 16.5. The van der Waals surface area contributed by atoms with Gasteiger partial charge in [-0.1, -0.05) is 0 Å². The molecule has 0 aliphatic carbocycles. The molecule has 3 unspecified atom stereocenters. The topological polar surface area (TPSA) is 44.5 Å². The Kier molecular flexibility index (Phi) is 4.42. The molecule has 0 aromatic carbocycles. The molecular formula is C12H23NO2. The van der Waals surface area contributed by atoms with Crippen LogP contribution in [-0.4, -0.2) is 32.0 Å². The average Bonchev–Trinajstić information content (AvgIpc) is 2.90. The van der Waals surface area contributed by atoms with Gasteiger partial charge in [0.25, 0.3) is 0 Å². The van der Waals surface area contributed by atoms with Crippen molar-refractivity contribution in [2.45, 2.75) is 50.7 Å². The van der Waals surface area contributed by atoms with Gasteiger partial charge in [0.15, 0.2) is 0 Å². The molecule has 0 aromatic rings. The second-order valence-corrected chi connectivity index (χ2v) is 4.85. The summed E-state index contributed by atoms with van der Waals surface area (Å²) in [6.07, 6.45) is 7.71. The zero-order valence-corrected chi connectivity index (χ0v) is 9.49. The first-order valence-corrected chi connectivity index (χ1v) is 6.31. The van der Waals surface area contributed by atoms with Gasteiger partial charge < -0.3 is 15.2 Å². The van der Waals surface area contributed by atoms with E-state index in [2.05, 4.69) is 0 Å². The molecule has 2 aliphatic rings. The summed E-state index contributed by atoms with van der Waals surface area (Å²) in [6, 6.07) is 0.342. The number of ether oxygens (including phenoxy) is 2. The molecule has 3 heteroatoms. The smallest absolute Gasteiger partial charge is 0.0576 e. The van der Waals surface area contributed by atoms with Gasteiger partial charge in [-0.2, -0.15) is 0 Å². The molecule has 0 spiro atoms. The van der Waals surface area contributed by atoms with Crippen molar-refractivity contribution in [3.63, 3.8) is 0 Å². The zero-order valence-electron chi connectivity index (χ0n) is 9.49. The van der Waals surface area contributed by atoms with E-state index in [1.54, 1.807) is 0 Å². The van der Waals surface area contributed by atoms with Crippen molar-refractivity contribution in [1.29, 1.82) is 0 Å². The molecule has 2 aliphatic heterocycles. The quantitative estimate of drug-likeness (QED) is 0.756. The van der Waals surface area contributed by atoms with Crippen molar-refractivity contribution in [3.8, 4) is 0 Å². The summed E-state index contributed by atoms with van der Waals surface area (Å²) in [4.78, 5) is 0. The summed E-state index contributed by atoms with van der Waals surface area (Å²) in [7, 11) is 0. The van der Waals surface area contributed by atoms with Crippen molar-refractivity contribution in [2.24, 2.45) is 11.7 Å². The SMILES string of the molecule is NC(CCCC1CCCO1)C1CCOC1. The lowest BCUT2D eigenvalue weighted by atomic mass is 9.94. The number of rotatable bonds is 5. The summed E-state index contributed by atoms with van der Waals surface area (Å²) in [5.74, 6) is 0.606. The van der Waals surface area contributed by atoms with E-state index in [1.165, 1.54) is 25.7 Å². The number of nitrogens with two attached hydrogens (primary N) is 1. The fourth-order valence-electron chi connectivity index (χ4n) is 2.58. The standard InChI is InChI=1S/C12H23NO2/c13-12(10-6-8-14-9-10)5-1-3-11-4-2-7-15-11/h10-12H,1-9,13H2. The van der Waals surface area contributed by atoms with Crippen molar-refractivity contribution in [3.05, 3.63) is 0 Å². The second-order valence-electron chi connectivity index (χ2n) is 4.85. The van der Waals surface area contributed by atoms with Gasteiger partial charge in [-0.15, -0.1) is 0 Å². The molecule has 0 amide bonds. The molecule has 2 N–H and O–H groups in total. The van der Waals surface area contributed by atoms with Crippen LogP contribution in [0.15, 0.2) is 0 Å². The Balaban J connectivity index is 1.56. The minimum Gasteiger partial charge on any atom is -0.381 e. The third-order valence-electron chi connectivity index (χ3n) is 3.66. The van der Waals surface area contributed by atoms with E-state index in [0.29, 0.717) is 18.1 Å². The van der Waals surface area contributed by atoms with Crippen LogP contribution in [0.5, 0.6) is 0 Å². The van der Waals surface area contributed by atoms with E-state index < -0.39 is 0 Å². The first kappa shape index (κ1) is 11.4. The van der Waals surface area contributed by atoms with Crippen LogP contribution in [-0.2, 0) is 9.47 Å². The maximum atomic E-state index is 6.14. The molecule has 2 rings (SSSR count). The molecule has 15 heavy (non-hydrogen) atoms. The highest BCUT2D eigenvalue weighted by molar-refractivity contribution is 4.77. The number of hydrogen-bond donors (Lipinski definition) is 1. The molecule has 0 saturated carbocycles. The van der Waals surface area contributed by atoms with Crippen molar-refractivity contribution in [1.82, 2.24) is 0 Å². The predicted octanol–water partition coefficient (Wildman–Crippen LogP) is 1.70. The van der Waals surface area contributed by atoms with Gasteiger partial charge in [0.2, 0.25) is 0 Å². The summed E-state index contributed by atoms with van der Waals surface area (Å²) in [6.45, 7) is 2.75. The van der Waals surface area contributed by atoms with Crippen LogP contribution in [0.2, 0.25) is 0 Å². The third-order valence-corrected chi connectivity index (χ3v) is 3.66. The van der Waals surface area contributed by atoms with E-state index in [-0.39, 0.29) is 0 Å². The molecule has 2 fully saturated rings. The summed E-state index contributed by atoms with van der Waals surface area (Å²) in [5.41, 5.74) is 6.14. The highest BCUT2D eigenvalue weighted by Crippen LogP contribution is 2.22. The largest absolute Gasteiger partial charge is 0.381 e. The lowest BCUT2D eigenvalue weighted by molar-refractivity contribution is 0.101. The molecule has 2 saturated heterocycles. The van der Waals surface area contributed by atoms with Gasteiger partial charge >= 0.3 is 0 Å². The normalized spacial score (nSPS) is 33.4. The first-order chi connectivity index (χ1) is 7.36. The predicted molar refractivity (Wildman–Crippen MR) is 59.7 cm³/mol. The van der Waals surface area contributed by atoms with E-state index in [1.807, 2.05) is 0 Å². The summed E-state index contributed by atoms with van der Waals surface area (Å²) < 4.78 is 10.9. The fraction of sp³-hybridized carbons (Fsp3) is 1.00. The molecule has 3 atom stereocenters. The van der Waals surface area contributed by atoms with E-state index in [0.717, 1.165) is 32.7 Å². The van der Waals surface area contributed by atoms with Crippen LogP contribution in [0.25, 0.3) is 0 Å². The third kappa shape index (κ3) is 3.44. The van der Waals surface area contributed by atoms with Crippen LogP contribution in [0.1, 0.15) is 38.5 Å². The number of hydrogen-bond acceptors (Lipinski definition) is 3. The zero-order chi connectivity index (χ0) is 10.5. The van der Waals surface area contributed by atoms with E-state index in [4.69, 9.17) is 15.2 Å². The summed E-state index contributed by atoms with van der Waals surface area (Å²) in [5, 5.41) is 0. The van der Waals surface area contributed by atoms with Gasteiger partial charge in [0.1, 0.15) is 0 Å². The first-order valence-electron chi connectivity index (χ1n) is 6.31. The van der Waals surface area contributed by atoms with E-state index in [9.17, 15) is 0 Å². The van der Waals surface area contributed by atoms with Gasteiger partial charge in [-0.3, -0.25) is 0 Å².